The molecule has 0 radical (unpaired) electrons. The van der Waals surface area contributed by atoms with E-state index in [9.17, 15) is 0 Å². The van der Waals surface area contributed by atoms with Crippen LogP contribution < -0.4 is 5.32 Å². The Kier molecular flexibility index (Phi) is 3.82. The molecule has 1 N–H and O–H groups in total. The van der Waals surface area contributed by atoms with Crippen molar-refractivity contribution >= 4 is 0 Å². The number of rotatable bonds is 4. The molecule has 2 rings (SSSR count). The number of nitriles is 1. The smallest absolute Gasteiger partial charge is 0.120 e. The van der Waals surface area contributed by atoms with Crippen molar-refractivity contribution < 1.29 is 4.74 Å². The lowest BCUT2D eigenvalue weighted by atomic mass is 10.2. The molecule has 92 valence electrons. The van der Waals surface area contributed by atoms with Gasteiger partial charge in [-0.2, -0.15) is 5.26 Å². The Morgan fingerprint density at radius 2 is 2.41 bits per heavy atom. The summed E-state index contributed by atoms with van der Waals surface area (Å²) in [6, 6.07) is 4.56. The van der Waals surface area contributed by atoms with E-state index < -0.39 is 0 Å². The van der Waals surface area contributed by atoms with E-state index in [-0.39, 0.29) is 0 Å². The van der Waals surface area contributed by atoms with Crippen molar-refractivity contribution in [2.75, 3.05) is 7.11 Å². The highest BCUT2D eigenvalue weighted by molar-refractivity contribution is 5.28. The average Bonchev–Trinajstić information content (AvgIpc) is 2.92. The number of methoxy groups -OCH3 is 1. The van der Waals surface area contributed by atoms with Gasteiger partial charge < -0.3 is 14.6 Å². The highest BCUT2D eigenvalue weighted by atomic mass is 16.5. The van der Waals surface area contributed by atoms with Gasteiger partial charge >= 0.3 is 0 Å². The molecule has 17 heavy (non-hydrogen) atoms. The number of aryl methyl sites for hydroxylation is 1. The Morgan fingerprint density at radius 3 is 3.06 bits per heavy atom. The zero-order chi connectivity index (χ0) is 12.3. The van der Waals surface area contributed by atoms with Crippen LogP contribution in [0.4, 0.5) is 0 Å². The molecule has 0 spiro atoms. The number of nitrogens with one attached hydrogen (secondary N) is 1. The lowest BCUT2D eigenvalue weighted by Gasteiger charge is -2.19. The average molecular weight is 233 g/mol. The van der Waals surface area contributed by atoms with Gasteiger partial charge in [0.15, 0.2) is 0 Å². The fourth-order valence-electron chi connectivity index (χ4n) is 2.53. The largest absolute Gasteiger partial charge is 0.380 e. The van der Waals surface area contributed by atoms with E-state index in [0.29, 0.717) is 17.8 Å². The van der Waals surface area contributed by atoms with Crippen LogP contribution in [0.15, 0.2) is 12.3 Å². The minimum atomic E-state index is 0.342. The molecule has 1 saturated carbocycles. The molecule has 0 aliphatic heterocycles. The van der Waals surface area contributed by atoms with E-state index in [2.05, 4.69) is 11.4 Å². The summed E-state index contributed by atoms with van der Waals surface area (Å²) in [4.78, 5) is 0. The lowest BCUT2D eigenvalue weighted by molar-refractivity contribution is 0.0847. The Balaban J connectivity index is 1.91. The highest BCUT2D eigenvalue weighted by Gasteiger charge is 2.26. The van der Waals surface area contributed by atoms with Gasteiger partial charge in [0.1, 0.15) is 11.8 Å². The van der Waals surface area contributed by atoms with E-state index >= 15 is 0 Å². The molecule has 0 aromatic carbocycles. The van der Waals surface area contributed by atoms with Gasteiger partial charge in [0.05, 0.1) is 6.10 Å². The van der Waals surface area contributed by atoms with Gasteiger partial charge in [-0.1, -0.05) is 0 Å². The maximum Gasteiger partial charge on any atom is 0.120 e. The molecule has 1 fully saturated rings. The number of hydrogen-bond acceptors (Lipinski definition) is 3. The summed E-state index contributed by atoms with van der Waals surface area (Å²) < 4.78 is 7.30. The number of hydrogen-bond donors (Lipinski definition) is 1. The van der Waals surface area contributed by atoms with Gasteiger partial charge in [-0.25, -0.2) is 0 Å². The first-order chi connectivity index (χ1) is 8.24. The second-order valence-corrected chi connectivity index (χ2v) is 4.65. The Bertz CT molecular complexity index is 419. The zero-order valence-corrected chi connectivity index (χ0v) is 10.4. The van der Waals surface area contributed by atoms with Crippen LogP contribution in [-0.2, 0) is 18.3 Å². The van der Waals surface area contributed by atoms with Crippen LogP contribution in [0.3, 0.4) is 0 Å². The molecule has 4 nitrogen and oxygen atoms in total. The van der Waals surface area contributed by atoms with E-state index in [1.165, 1.54) is 12.8 Å². The van der Waals surface area contributed by atoms with Crippen molar-refractivity contribution in [1.29, 1.82) is 5.26 Å². The van der Waals surface area contributed by atoms with Crippen molar-refractivity contribution in [3.05, 3.63) is 23.5 Å². The van der Waals surface area contributed by atoms with Crippen molar-refractivity contribution in [3.63, 3.8) is 0 Å². The molecule has 2 unspecified atom stereocenters. The Morgan fingerprint density at radius 1 is 1.59 bits per heavy atom. The number of ether oxygens (including phenoxy) is 1. The quantitative estimate of drug-likeness (QED) is 0.858. The van der Waals surface area contributed by atoms with Crippen molar-refractivity contribution in [1.82, 2.24) is 9.88 Å². The van der Waals surface area contributed by atoms with Crippen LogP contribution in [0.2, 0.25) is 0 Å². The minimum Gasteiger partial charge on any atom is -0.380 e. The molecular weight excluding hydrogens is 214 g/mol. The molecule has 0 bridgehead atoms. The molecule has 1 aliphatic rings. The van der Waals surface area contributed by atoms with Gasteiger partial charge in [-0.3, -0.25) is 0 Å². The van der Waals surface area contributed by atoms with Crippen LogP contribution >= 0.6 is 0 Å². The Labute approximate surface area is 102 Å². The molecule has 0 amide bonds. The van der Waals surface area contributed by atoms with Gasteiger partial charge in [0.25, 0.3) is 0 Å². The number of aromatic nitrogens is 1. The molecule has 1 aromatic rings. The first-order valence-corrected chi connectivity index (χ1v) is 6.06. The van der Waals surface area contributed by atoms with E-state index in [4.69, 9.17) is 10.00 Å². The zero-order valence-electron chi connectivity index (χ0n) is 10.4. The third-order valence-corrected chi connectivity index (χ3v) is 3.50. The first kappa shape index (κ1) is 12.2. The highest BCUT2D eigenvalue weighted by Crippen LogP contribution is 2.21. The minimum absolute atomic E-state index is 0.342. The number of nitrogens with zero attached hydrogens (tertiary/aromatic N) is 2. The monoisotopic (exact) mass is 233 g/mol. The standard InChI is InChI=1S/C13H19N3O/c1-16-9-10(6-11(16)7-14)8-15-12-4-3-5-13(12)17-2/h6,9,12-13,15H,3-5,8H2,1-2H3. The molecule has 1 aromatic heterocycles. The van der Waals surface area contributed by atoms with E-state index in [1.807, 2.05) is 23.9 Å². The van der Waals surface area contributed by atoms with E-state index in [0.717, 1.165) is 18.5 Å². The summed E-state index contributed by atoms with van der Waals surface area (Å²) in [7, 11) is 3.68. The summed E-state index contributed by atoms with van der Waals surface area (Å²) in [5.41, 5.74) is 1.86. The maximum atomic E-state index is 8.88. The second-order valence-electron chi connectivity index (χ2n) is 4.65. The fraction of sp³-hybridized carbons (Fsp3) is 0.615. The molecular formula is C13H19N3O. The summed E-state index contributed by atoms with van der Waals surface area (Å²) in [6.45, 7) is 0.806. The van der Waals surface area contributed by atoms with Crippen molar-refractivity contribution in [2.45, 2.75) is 38.0 Å². The maximum absolute atomic E-state index is 8.88. The van der Waals surface area contributed by atoms with Crippen LogP contribution in [-0.4, -0.2) is 23.8 Å². The van der Waals surface area contributed by atoms with E-state index in [1.54, 1.807) is 7.11 Å². The van der Waals surface area contributed by atoms with Crippen LogP contribution in [0, 0.1) is 11.3 Å². The first-order valence-electron chi connectivity index (χ1n) is 6.06. The second kappa shape index (κ2) is 5.35. The summed E-state index contributed by atoms with van der Waals surface area (Å²) in [5.74, 6) is 0. The SMILES string of the molecule is COC1CCCC1NCc1cc(C#N)n(C)c1. The predicted molar refractivity (Wildman–Crippen MR) is 65.4 cm³/mol. The Hall–Kier alpha value is -1.31. The lowest BCUT2D eigenvalue weighted by Crippen LogP contribution is -2.36. The third kappa shape index (κ3) is 2.68. The van der Waals surface area contributed by atoms with Gasteiger partial charge in [0.2, 0.25) is 0 Å². The molecule has 1 heterocycles. The van der Waals surface area contributed by atoms with Crippen molar-refractivity contribution in [2.24, 2.45) is 7.05 Å². The topological polar surface area (TPSA) is 50.0 Å². The van der Waals surface area contributed by atoms with Crippen LogP contribution in [0.5, 0.6) is 0 Å². The molecule has 1 aliphatic carbocycles. The third-order valence-electron chi connectivity index (χ3n) is 3.50. The summed E-state index contributed by atoms with van der Waals surface area (Å²) in [5, 5.41) is 12.4. The van der Waals surface area contributed by atoms with Crippen LogP contribution in [0.1, 0.15) is 30.5 Å². The fourth-order valence-corrected chi connectivity index (χ4v) is 2.53. The predicted octanol–water partition coefficient (Wildman–Crippen LogP) is 1.55. The molecule has 0 saturated heterocycles. The summed E-state index contributed by atoms with van der Waals surface area (Å²) in [6.07, 6.45) is 5.90. The molecule has 4 heteroatoms. The van der Waals surface area contributed by atoms with Gasteiger partial charge in [-0.05, 0) is 30.9 Å². The van der Waals surface area contributed by atoms with Gasteiger partial charge in [0, 0.05) is 32.9 Å². The van der Waals surface area contributed by atoms with Gasteiger partial charge in [-0.15, -0.1) is 0 Å². The summed E-state index contributed by atoms with van der Waals surface area (Å²) >= 11 is 0. The normalized spacial score (nSPS) is 23.8. The van der Waals surface area contributed by atoms with Crippen molar-refractivity contribution in [3.8, 4) is 6.07 Å². The van der Waals surface area contributed by atoms with Crippen LogP contribution in [0.25, 0.3) is 0 Å². The molecule has 2 atom stereocenters.